The molecule has 0 radical (unpaired) electrons. The summed E-state index contributed by atoms with van der Waals surface area (Å²) in [4.78, 5) is 5.45. The van der Waals surface area contributed by atoms with Gasteiger partial charge in [-0.15, -0.1) is 10.2 Å². The average Bonchev–Trinajstić information content (AvgIpc) is 3.40. The number of rotatable bonds is 10. The van der Waals surface area contributed by atoms with Gasteiger partial charge in [0.2, 0.25) is 5.82 Å². The molecule has 10 nitrogen and oxygen atoms in total. The minimum atomic E-state index is -3.53. The molecule has 1 saturated heterocycles. The molecule has 0 saturated carbocycles. The molecular weight excluding hydrogens is 466 g/mol. The van der Waals surface area contributed by atoms with Crippen LogP contribution in [0.2, 0.25) is 5.15 Å². The Hall–Kier alpha value is -2.76. The van der Waals surface area contributed by atoms with E-state index in [1.54, 1.807) is 16.9 Å². The van der Waals surface area contributed by atoms with Crippen molar-refractivity contribution in [2.75, 3.05) is 30.5 Å². The number of tetrazole rings is 1. The zero-order chi connectivity index (χ0) is 23.3. The molecular formula is C21H26ClN7O3S. The third kappa shape index (κ3) is 5.60. The third-order valence-electron chi connectivity index (χ3n) is 5.32. The van der Waals surface area contributed by atoms with Crippen molar-refractivity contribution in [1.82, 2.24) is 29.5 Å². The maximum absolute atomic E-state index is 12.8. The van der Waals surface area contributed by atoms with Crippen LogP contribution in [0.5, 0.6) is 5.75 Å². The molecule has 2 aromatic heterocycles. The summed E-state index contributed by atoms with van der Waals surface area (Å²) in [6.07, 6.45) is 3.99. The number of unbranched alkanes of at least 4 members (excludes halogenated alkanes) is 2. The van der Waals surface area contributed by atoms with Gasteiger partial charge in [0.05, 0.1) is 18.8 Å². The van der Waals surface area contributed by atoms with Crippen molar-refractivity contribution < 1.29 is 13.2 Å². The fourth-order valence-electron chi connectivity index (χ4n) is 3.56. The highest BCUT2D eigenvalue weighted by molar-refractivity contribution is 7.90. The summed E-state index contributed by atoms with van der Waals surface area (Å²) in [7, 11) is -3.53. The van der Waals surface area contributed by atoms with Crippen molar-refractivity contribution in [3.63, 3.8) is 0 Å². The topological polar surface area (TPSA) is 106 Å². The number of aromatic nitrogens is 5. The standard InChI is InChI=1S/C21H26ClN7O3S/c1-2-29-25-21(24-26-29)17-6-8-19(9-7-17)32-15-5-3-4-12-27-13-14-28(33(27,30)31)18-10-11-23-20(22)16-18/h6-11,16H,2-5,12-15H2,1H3. The molecule has 3 heterocycles. The molecule has 176 valence electrons. The minimum Gasteiger partial charge on any atom is -0.494 e. The number of halogens is 1. The molecule has 33 heavy (non-hydrogen) atoms. The second kappa shape index (κ2) is 10.4. The summed E-state index contributed by atoms with van der Waals surface area (Å²) < 4.78 is 34.3. The highest BCUT2D eigenvalue weighted by atomic mass is 35.5. The SMILES string of the molecule is CCn1nnc(-c2ccc(OCCCCCN3CCN(c4ccnc(Cl)c4)S3(=O)=O)cc2)n1. The number of hydrogen-bond donors (Lipinski definition) is 0. The minimum absolute atomic E-state index is 0.275. The van der Waals surface area contributed by atoms with Crippen LogP contribution in [-0.2, 0) is 16.8 Å². The predicted octanol–water partition coefficient (Wildman–Crippen LogP) is 3.02. The number of pyridine rings is 1. The lowest BCUT2D eigenvalue weighted by Crippen LogP contribution is -2.33. The van der Waals surface area contributed by atoms with Crippen LogP contribution < -0.4 is 9.04 Å². The maximum atomic E-state index is 12.8. The van der Waals surface area contributed by atoms with Crippen LogP contribution in [0.4, 0.5) is 5.69 Å². The number of nitrogens with zero attached hydrogens (tertiary/aromatic N) is 7. The lowest BCUT2D eigenvalue weighted by atomic mass is 10.2. The van der Waals surface area contributed by atoms with Gasteiger partial charge in [-0.2, -0.15) is 17.5 Å². The summed E-state index contributed by atoms with van der Waals surface area (Å²) >= 11 is 5.90. The van der Waals surface area contributed by atoms with E-state index in [1.165, 1.54) is 14.8 Å². The number of anilines is 1. The van der Waals surface area contributed by atoms with E-state index in [0.717, 1.165) is 30.6 Å². The van der Waals surface area contributed by atoms with Crippen molar-refractivity contribution in [3.8, 4) is 17.1 Å². The number of hydrogen-bond acceptors (Lipinski definition) is 7. The number of benzene rings is 1. The molecule has 0 N–H and O–H groups in total. The van der Waals surface area contributed by atoms with E-state index in [-0.39, 0.29) is 5.15 Å². The first-order valence-corrected chi connectivity index (χ1v) is 12.7. The Labute approximate surface area is 198 Å². The summed E-state index contributed by atoms with van der Waals surface area (Å²) in [5, 5.41) is 12.6. The highest BCUT2D eigenvalue weighted by Crippen LogP contribution is 2.26. The van der Waals surface area contributed by atoms with E-state index in [4.69, 9.17) is 16.3 Å². The molecule has 1 aliphatic heterocycles. The van der Waals surface area contributed by atoms with Crippen LogP contribution >= 0.6 is 11.6 Å². The Morgan fingerprint density at radius 2 is 1.91 bits per heavy atom. The van der Waals surface area contributed by atoms with Gasteiger partial charge in [-0.05, 0) is 67.8 Å². The fourth-order valence-corrected chi connectivity index (χ4v) is 5.37. The van der Waals surface area contributed by atoms with Crippen LogP contribution in [0.1, 0.15) is 26.2 Å². The van der Waals surface area contributed by atoms with E-state index < -0.39 is 10.2 Å². The van der Waals surface area contributed by atoms with Crippen LogP contribution in [0.15, 0.2) is 42.6 Å². The molecule has 3 aromatic rings. The monoisotopic (exact) mass is 491 g/mol. The Kier molecular flexibility index (Phi) is 7.41. The van der Waals surface area contributed by atoms with Gasteiger partial charge in [0.15, 0.2) is 0 Å². The predicted molar refractivity (Wildman–Crippen MR) is 125 cm³/mol. The molecule has 0 atom stereocenters. The first-order valence-electron chi connectivity index (χ1n) is 10.9. The van der Waals surface area contributed by atoms with Gasteiger partial charge in [-0.1, -0.05) is 11.6 Å². The molecule has 0 amide bonds. The second-order valence-corrected chi connectivity index (χ2v) is 9.79. The van der Waals surface area contributed by atoms with Gasteiger partial charge in [-0.3, -0.25) is 4.31 Å². The smallest absolute Gasteiger partial charge is 0.304 e. The van der Waals surface area contributed by atoms with E-state index in [0.29, 0.717) is 44.3 Å². The summed E-state index contributed by atoms with van der Waals surface area (Å²) in [6.45, 7) is 4.56. The molecule has 0 bridgehead atoms. The van der Waals surface area contributed by atoms with Crippen LogP contribution in [0, 0.1) is 0 Å². The highest BCUT2D eigenvalue weighted by Gasteiger charge is 2.36. The van der Waals surface area contributed by atoms with Gasteiger partial charge in [0.25, 0.3) is 0 Å². The number of ether oxygens (including phenoxy) is 1. The Balaban J connectivity index is 1.18. The maximum Gasteiger partial charge on any atom is 0.304 e. The summed E-state index contributed by atoms with van der Waals surface area (Å²) in [6, 6.07) is 10.8. The van der Waals surface area contributed by atoms with Crippen LogP contribution in [-0.4, -0.2) is 64.2 Å². The Morgan fingerprint density at radius 1 is 1.09 bits per heavy atom. The van der Waals surface area contributed by atoms with Crippen molar-refractivity contribution in [3.05, 3.63) is 47.7 Å². The molecule has 12 heteroatoms. The van der Waals surface area contributed by atoms with Crippen molar-refractivity contribution in [1.29, 1.82) is 0 Å². The molecule has 0 aliphatic carbocycles. The molecule has 1 aromatic carbocycles. The zero-order valence-corrected chi connectivity index (χ0v) is 19.9. The Morgan fingerprint density at radius 3 is 2.64 bits per heavy atom. The normalized spacial score (nSPS) is 15.8. The van der Waals surface area contributed by atoms with E-state index in [1.807, 2.05) is 31.2 Å². The fraction of sp³-hybridized carbons (Fsp3) is 0.429. The quantitative estimate of drug-likeness (QED) is 0.317. The summed E-state index contributed by atoms with van der Waals surface area (Å²) in [5.74, 6) is 1.36. The first-order chi connectivity index (χ1) is 16.0. The average molecular weight is 492 g/mol. The lowest BCUT2D eigenvalue weighted by Gasteiger charge is -2.20. The lowest BCUT2D eigenvalue weighted by molar-refractivity contribution is 0.302. The molecule has 4 rings (SSSR count). The third-order valence-corrected chi connectivity index (χ3v) is 7.50. The second-order valence-electron chi connectivity index (χ2n) is 7.55. The van der Waals surface area contributed by atoms with Gasteiger partial charge in [-0.25, -0.2) is 4.98 Å². The molecule has 1 fully saturated rings. The van der Waals surface area contributed by atoms with E-state index in [2.05, 4.69) is 20.4 Å². The van der Waals surface area contributed by atoms with Crippen molar-refractivity contribution >= 4 is 27.5 Å². The van der Waals surface area contributed by atoms with Crippen molar-refractivity contribution in [2.45, 2.75) is 32.7 Å². The van der Waals surface area contributed by atoms with Crippen LogP contribution in [0.25, 0.3) is 11.4 Å². The largest absolute Gasteiger partial charge is 0.494 e. The zero-order valence-electron chi connectivity index (χ0n) is 18.3. The van der Waals surface area contributed by atoms with E-state index >= 15 is 0 Å². The van der Waals surface area contributed by atoms with Crippen molar-refractivity contribution in [2.24, 2.45) is 0 Å². The van der Waals surface area contributed by atoms with Gasteiger partial charge >= 0.3 is 10.2 Å². The molecule has 0 spiro atoms. The molecule has 1 aliphatic rings. The Bertz CT molecular complexity index is 1170. The van der Waals surface area contributed by atoms with Gasteiger partial charge in [0.1, 0.15) is 10.9 Å². The van der Waals surface area contributed by atoms with E-state index in [9.17, 15) is 8.42 Å². The summed E-state index contributed by atoms with van der Waals surface area (Å²) in [5.41, 5.74) is 1.43. The van der Waals surface area contributed by atoms with Gasteiger partial charge in [0, 0.05) is 31.4 Å². The van der Waals surface area contributed by atoms with Crippen LogP contribution in [0.3, 0.4) is 0 Å². The molecule has 0 unspecified atom stereocenters. The van der Waals surface area contributed by atoms with Gasteiger partial charge < -0.3 is 4.74 Å². The number of aryl methyl sites for hydroxylation is 1. The first kappa shape index (κ1) is 23.4.